The van der Waals surface area contributed by atoms with Crippen LogP contribution in [0.3, 0.4) is 0 Å². The van der Waals surface area contributed by atoms with Crippen LogP contribution in [0.5, 0.6) is 0 Å². The van der Waals surface area contributed by atoms with E-state index in [1.807, 2.05) is 0 Å². The van der Waals surface area contributed by atoms with Gasteiger partial charge in [0.1, 0.15) is 0 Å². The molecule has 0 aromatic carbocycles. The van der Waals surface area contributed by atoms with Crippen LogP contribution in [0.2, 0.25) is 0 Å². The van der Waals surface area contributed by atoms with Crippen molar-refractivity contribution in [3.8, 4) is 0 Å². The molecule has 0 spiro atoms. The molecular weight excluding hydrogens is 80.0 g/mol. The summed E-state index contributed by atoms with van der Waals surface area (Å²) in [5.74, 6) is -1.08. The van der Waals surface area contributed by atoms with E-state index in [-0.39, 0.29) is 29.6 Å². The van der Waals surface area contributed by atoms with E-state index in [1.54, 1.807) is 0 Å². The van der Waals surface area contributed by atoms with E-state index in [2.05, 4.69) is 0 Å². The van der Waals surface area contributed by atoms with Crippen LogP contribution in [0.25, 0.3) is 0 Å². The van der Waals surface area contributed by atoms with Crippen LogP contribution in [-0.2, 0) is 4.79 Å². The van der Waals surface area contributed by atoms with Gasteiger partial charge in [-0.1, -0.05) is 0 Å². The molecule has 0 N–H and O–H groups in total. The summed E-state index contributed by atoms with van der Waals surface area (Å²) in [7, 11) is 0. The molecule has 0 aliphatic heterocycles. The Balaban J connectivity index is 0. The molecule has 24 valence electrons. The average molecular weight is 83.0 g/mol. The van der Waals surface area contributed by atoms with Crippen LogP contribution in [0.15, 0.2) is 0 Å². The standard InChI is InChI=1S/C2H4O2.Na/c1-2(3)4;/h1H3,(H,3,4);/q;+1/p-1/i2+1;. The van der Waals surface area contributed by atoms with Crippen LogP contribution in [-0.4, -0.2) is 5.97 Å². The third kappa shape index (κ3) is 123. The molecule has 5 heavy (non-hydrogen) atoms. The summed E-state index contributed by atoms with van der Waals surface area (Å²) in [6.45, 7) is 0.972. The number of hydrogen-bond acceptors (Lipinski definition) is 2. The summed E-state index contributed by atoms with van der Waals surface area (Å²) in [6.07, 6.45) is 0. The van der Waals surface area contributed by atoms with Crippen molar-refractivity contribution in [2.45, 2.75) is 6.92 Å². The maximum absolute atomic E-state index is 8.89. The Kier molecular flexibility index (Phi) is 8.11. The van der Waals surface area contributed by atoms with Gasteiger partial charge in [0, 0.05) is 5.97 Å². The third-order valence-corrected chi connectivity index (χ3v) is 0. The van der Waals surface area contributed by atoms with E-state index in [0.717, 1.165) is 6.92 Å². The van der Waals surface area contributed by atoms with E-state index in [0.29, 0.717) is 0 Å². The van der Waals surface area contributed by atoms with Gasteiger partial charge in [-0.2, -0.15) is 0 Å². The van der Waals surface area contributed by atoms with Crippen molar-refractivity contribution in [2.75, 3.05) is 0 Å². The summed E-state index contributed by atoms with van der Waals surface area (Å²) in [6, 6.07) is 0. The van der Waals surface area contributed by atoms with Crippen molar-refractivity contribution in [3.63, 3.8) is 0 Å². The van der Waals surface area contributed by atoms with E-state index in [4.69, 9.17) is 9.90 Å². The minimum atomic E-state index is -1.08. The molecular formula is C2H3NaO2. The van der Waals surface area contributed by atoms with Crippen LogP contribution < -0.4 is 34.7 Å². The second kappa shape index (κ2) is 4.47. The molecule has 0 aromatic heterocycles. The Bertz CT molecular complexity index is 30.6. The van der Waals surface area contributed by atoms with Crippen molar-refractivity contribution in [2.24, 2.45) is 0 Å². The fourth-order valence-corrected chi connectivity index (χ4v) is 0. The molecule has 0 aliphatic rings. The topological polar surface area (TPSA) is 40.1 Å². The number of rotatable bonds is 0. The number of carboxylic acid groups (broad SMARTS) is 1. The van der Waals surface area contributed by atoms with Gasteiger partial charge in [0.05, 0.1) is 0 Å². The molecule has 0 bridgehead atoms. The van der Waals surface area contributed by atoms with Gasteiger partial charge < -0.3 is 9.90 Å². The molecule has 0 saturated carbocycles. The first-order valence-electron chi connectivity index (χ1n) is 0.908. The van der Waals surface area contributed by atoms with Gasteiger partial charge in [0.25, 0.3) is 0 Å². The normalized spacial score (nSPS) is 5.00. The van der Waals surface area contributed by atoms with E-state index in [9.17, 15) is 0 Å². The Morgan fingerprint density at radius 3 is 1.80 bits per heavy atom. The maximum Gasteiger partial charge on any atom is 1.00 e. The van der Waals surface area contributed by atoms with E-state index in [1.165, 1.54) is 0 Å². The third-order valence-electron chi connectivity index (χ3n) is 0. The van der Waals surface area contributed by atoms with Crippen molar-refractivity contribution >= 4 is 5.97 Å². The molecule has 0 amide bonds. The van der Waals surface area contributed by atoms with E-state index >= 15 is 0 Å². The predicted molar refractivity (Wildman–Crippen MR) is 10.7 cm³/mol. The number of carbonyl (C=O) groups is 1. The molecule has 0 fully saturated rings. The zero-order chi connectivity index (χ0) is 3.58. The number of carbonyl (C=O) groups excluding carboxylic acids is 1. The summed E-state index contributed by atoms with van der Waals surface area (Å²) < 4.78 is 0. The van der Waals surface area contributed by atoms with Gasteiger partial charge >= 0.3 is 29.6 Å². The number of hydrogen-bond donors (Lipinski definition) is 0. The largest absolute Gasteiger partial charge is 1.00 e. The molecule has 0 aliphatic carbocycles. The second-order valence-electron chi connectivity index (χ2n) is 0.492. The number of aliphatic carboxylic acids is 1. The minimum Gasteiger partial charge on any atom is -0.550 e. The first kappa shape index (κ1) is 9.08. The molecule has 0 atom stereocenters. The van der Waals surface area contributed by atoms with Gasteiger partial charge in [-0.3, -0.25) is 0 Å². The Morgan fingerprint density at radius 2 is 1.80 bits per heavy atom. The van der Waals surface area contributed by atoms with Gasteiger partial charge in [0.2, 0.25) is 0 Å². The van der Waals surface area contributed by atoms with Crippen LogP contribution in [0.4, 0.5) is 0 Å². The fraction of sp³-hybridized carbons (Fsp3) is 0.500. The first-order chi connectivity index (χ1) is 1.73. The molecule has 0 radical (unpaired) electrons. The summed E-state index contributed by atoms with van der Waals surface area (Å²) in [4.78, 5) is 8.89. The van der Waals surface area contributed by atoms with Crippen molar-refractivity contribution in [1.82, 2.24) is 0 Å². The molecule has 0 saturated heterocycles. The Morgan fingerprint density at radius 1 is 1.80 bits per heavy atom. The zero-order valence-electron chi connectivity index (χ0n) is 3.32. The fourth-order valence-electron chi connectivity index (χ4n) is 0. The molecule has 0 aromatic rings. The van der Waals surface area contributed by atoms with Gasteiger partial charge in [-0.05, 0) is 6.92 Å². The Labute approximate surface area is 52.5 Å². The van der Waals surface area contributed by atoms with Crippen molar-refractivity contribution in [1.29, 1.82) is 0 Å². The second-order valence-corrected chi connectivity index (χ2v) is 0.492. The van der Waals surface area contributed by atoms with Gasteiger partial charge in [-0.15, -0.1) is 0 Å². The number of carboxylic acids is 1. The van der Waals surface area contributed by atoms with Crippen molar-refractivity contribution < 1.29 is 39.5 Å². The summed E-state index contributed by atoms with van der Waals surface area (Å²) in [5.41, 5.74) is 0. The minimum absolute atomic E-state index is 0. The SMILES string of the molecule is C[13C](=O)[O-].[Na+]. The average Bonchev–Trinajstić information content (AvgIpc) is 0.811. The molecule has 2 nitrogen and oxygen atoms in total. The molecule has 3 heteroatoms. The molecule has 0 rings (SSSR count). The van der Waals surface area contributed by atoms with Crippen LogP contribution >= 0.6 is 0 Å². The van der Waals surface area contributed by atoms with Crippen LogP contribution in [0, 0.1) is 0 Å². The zero-order valence-corrected chi connectivity index (χ0v) is 5.32. The molecule has 0 heterocycles. The van der Waals surface area contributed by atoms with Crippen LogP contribution in [0.1, 0.15) is 6.92 Å². The van der Waals surface area contributed by atoms with Crippen molar-refractivity contribution in [3.05, 3.63) is 0 Å². The van der Waals surface area contributed by atoms with Gasteiger partial charge in [-0.25, -0.2) is 0 Å². The predicted octanol–water partition coefficient (Wildman–Crippen LogP) is -4.24. The summed E-state index contributed by atoms with van der Waals surface area (Å²) >= 11 is 0. The Hall–Kier alpha value is 0.470. The van der Waals surface area contributed by atoms with E-state index < -0.39 is 5.97 Å². The molecule has 0 unspecified atom stereocenters. The monoisotopic (exact) mass is 83.0 g/mol. The smallest absolute Gasteiger partial charge is 0.550 e. The summed E-state index contributed by atoms with van der Waals surface area (Å²) in [5, 5.41) is 8.89. The van der Waals surface area contributed by atoms with Gasteiger partial charge in [0.15, 0.2) is 0 Å². The first-order valence-corrected chi connectivity index (χ1v) is 0.908. The maximum atomic E-state index is 8.89. The quantitative estimate of drug-likeness (QED) is 0.220.